The number of aliphatic hydroxyl groups is 1. The molecule has 0 unspecified atom stereocenters. The minimum Gasteiger partial charge on any atom is -0.386 e. The zero-order chi connectivity index (χ0) is 11.8. The summed E-state index contributed by atoms with van der Waals surface area (Å²) in [5, 5.41) is 9.48. The summed E-state index contributed by atoms with van der Waals surface area (Å²) in [4.78, 5) is 1.72. The van der Waals surface area contributed by atoms with E-state index in [0.29, 0.717) is 0 Å². The fourth-order valence-corrected chi connectivity index (χ4v) is 2.03. The number of rotatable bonds is 2. The molecule has 3 heteroatoms. The van der Waals surface area contributed by atoms with E-state index in [1.165, 1.54) is 11.3 Å². The Kier molecular flexibility index (Phi) is 5.75. The maximum Gasteiger partial charge on any atom is 0.102 e. The Hall–Kier alpha value is -1.19. The predicted molar refractivity (Wildman–Crippen MR) is 69.5 cm³/mol. The summed E-state index contributed by atoms with van der Waals surface area (Å²) in [5.41, 5.74) is 0. The maximum atomic E-state index is 9.48. The molecule has 0 saturated heterocycles. The summed E-state index contributed by atoms with van der Waals surface area (Å²) in [6.45, 7) is 1.90. The highest BCUT2D eigenvalue weighted by atomic mass is 35.5. The molecule has 1 rings (SSSR count). The smallest absolute Gasteiger partial charge is 0.102 e. The van der Waals surface area contributed by atoms with Crippen molar-refractivity contribution in [1.29, 1.82) is 0 Å². The van der Waals surface area contributed by atoms with Crippen molar-refractivity contribution in [3.63, 3.8) is 0 Å². The highest BCUT2D eigenvalue weighted by Crippen LogP contribution is 2.23. The average Bonchev–Trinajstić information content (AvgIpc) is 2.76. The van der Waals surface area contributed by atoms with Crippen molar-refractivity contribution in [2.75, 3.05) is 5.88 Å². The SMILES string of the molecule is C/C=C/C#CC#Cc1ccc([C@@H](O)CCl)s1. The van der Waals surface area contributed by atoms with Crippen molar-refractivity contribution in [1.82, 2.24) is 0 Å². The molecule has 0 radical (unpaired) electrons. The second kappa shape index (κ2) is 7.14. The Morgan fingerprint density at radius 3 is 3.00 bits per heavy atom. The quantitative estimate of drug-likeness (QED) is 0.632. The largest absolute Gasteiger partial charge is 0.386 e. The standard InChI is InChI=1S/C13H11ClOS/c1-2-3-4-5-6-7-11-8-9-13(16-11)12(15)10-14/h2-3,8-9,12,15H,10H2,1H3/b3-2+/t12-/m0/s1. The van der Waals surface area contributed by atoms with Gasteiger partial charge in [0.25, 0.3) is 0 Å². The molecule has 1 aromatic rings. The van der Waals surface area contributed by atoms with E-state index in [1.54, 1.807) is 6.08 Å². The molecular formula is C13H11ClOS. The zero-order valence-electron chi connectivity index (χ0n) is 8.83. The lowest BCUT2D eigenvalue weighted by Gasteiger charge is -2.00. The van der Waals surface area contributed by atoms with Crippen LogP contribution in [0.25, 0.3) is 0 Å². The molecule has 0 aliphatic carbocycles. The second-order valence-electron chi connectivity index (χ2n) is 2.89. The molecule has 0 aliphatic heterocycles. The van der Waals surface area contributed by atoms with Crippen LogP contribution in [0.4, 0.5) is 0 Å². The van der Waals surface area contributed by atoms with Crippen LogP contribution in [-0.2, 0) is 0 Å². The molecule has 1 atom stereocenters. The Morgan fingerprint density at radius 2 is 2.31 bits per heavy atom. The fourth-order valence-electron chi connectivity index (χ4n) is 0.929. The number of hydrogen-bond acceptors (Lipinski definition) is 2. The molecule has 0 fully saturated rings. The fraction of sp³-hybridized carbons (Fsp3) is 0.231. The van der Waals surface area contributed by atoms with Gasteiger partial charge in [0, 0.05) is 4.88 Å². The topological polar surface area (TPSA) is 20.2 Å². The van der Waals surface area contributed by atoms with Crippen molar-refractivity contribution in [2.45, 2.75) is 13.0 Å². The van der Waals surface area contributed by atoms with Gasteiger partial charge in [0.15, 0.2) is 0 Å². The van der Waals surface area contributed by atoms with Gasteiger partial charge in [0.2, 0.25) is 0 Å². The molecule has 0 aliphatic rings. The van der Waals surface area contributed by atoms with Crippen LogP contribution in [-0.4, -0.2) is 11.0 Å². The van der Waals surface area contributed by atoms with Crippen LogP contribution in [0.1, 0.15) is 22.8 Å². The van der Waals surface area contributed by atoms with Crippen molar-refractivity contribution < 1.29 is 5.11 Å². The van der Waals surface area contributed by atoms with Gasteiger partial charge in [0.1, 0.15) is 6.10 Å². The minimum atomic E-state index is -0.601. The highest BCUT2D eigenvalue weighted by molar-refractivity contribution is 7.12. The van der Waals surface area contributed by atoms with Crippen LogP contribution in [0.3, 0.4) is 0 Å². The van der Waals surface area contributed by atoms with Gasteiger partial charge >= 0.3 is 0 Å². The minimum absolute atomic E-state index is 0.203. The second-order valence-corrected chi connectivity index (χ2v) is 4.32. The van der Waals surface area contributed by atoms with Crippen molar-refractivity contribution in [2.24, 2.45) is 0 Å². The molecule has 0 spiro atoms. The average molecular weight is 251 g/mol. The normalized spacial score (nSPS) is 11.4. The van der Waals surface area contributed by atoms with Crippen LogP contribution in [0.15, 0.2) is 24.3 Å². The first kappa shape index (κ1) is 12.9. The number of hydrogen-bond donors (Lipinski definition) is 1. The van der Waals surface area contributed by atoms with E-state index in [0.717, 1.165) is 9.75 Å². The zero-order valence-corrected chi connectivity index (χ0v) is 10.4. The number of halogens is 1. The van der Waals surface area contributed by atoms with Crippen LogP contribution in [0.2, 0.25) is 0 Å². The molecular weight excluding hydrogens is 240 g/mol. The Morgan fingerprint density at radius 1 is 1.50 bits per heavy atom. The van der Waals surface area contributed by atoms with Gasteiger partial charge in [-0.25, -0.2) is 0 Å². The van der Waals surface area contributed by atoms with E-state index >= 15 is 0 Å². The number of allylic oxidation sites excluding steroid dienone is 2. The van der Waals surface area contributed by atoms with Crippen LogP contribution in [0, 0.1) is 23.7 Å². The molecule has 16 heavy (non-hydrogen) atoms. The molecule has 0 aromatic carbocycles. The van der Waals surface area contributed by atoms with E-state index in [1.807, 2.05) is 25.1 Å². The van der Waals surface area contributed by atoms with Crippen molar-refractivity contribution in [3.8, 4) is 23.7 Å². The van der Waals surface area contributed by atoms with Gasteiger partial charge in [-0.15, -0.1) is 22.9 Å². The first-order valence-corrected chi connectivity index (χ1v) is 6.09. The summed E-state index contributed by atoms with van der Waals surface area (Å²) in [5.74, 6) is 11.3. The molecule has 1 N–H and O–H groups in total. The third kappa shape index (κ3) is 4.13. The molecule has 1 nitrogen and oxygen atoms in total. The number of aliphatic hydroxyl groups excluding tert-OH is 1. The van der Waals surface area contributed by atoms with E-state index in [-0.39, 0.29) is 5.88 Å². The van der Waals surface area contributed by atoms with Gasteiger partial charge in [0.05, 0.1) is 10.8 Å². The van der Waals surface area contributed by atoms with E-state index in [9.17, 15) is 5.11 Å². The third-order valence-electron chi connectivity index (χ3n) is 1.67. The predicted octanol–water partition coefficient (Wildman–Crippen LogP) is 2.95. The van der Waals surface area contributed by atoms with Gasteiger partial charge in [-0.1, -0.05) is 12.0 Å². The first-order valence-electron chi connectivity index (χ1n) is 4.74. The molecule has 1 aromatic heterocycles. The molecule has 0 saturated carbocycles. The van der Waals surface area contributed by atoms with Crippen LogP contribution >= 0.6 is 22.9 Å². The summed E-state index contributed by atoms with van der Waals surface area (Å²) < 4.78 is 0. The van der Waals surface area contributed by atoms with Gasteiger partial charge in [-0.05, 0) is 42.9 Å². The van der Waals surface area contributed by atoms with Gasteiger partial charge in [-0.2, -0.15) is 0 Å². The van der Waals surface area contributed by atoms with Crippen molar-refractivity contribution in [3.05, 3.63) is 34.0 Å². The third-order valence-corrected chi connectivity index (χ3v) is 3.07. The number of thiophene rings is 1. The monoisotopic (exact) mass is 250 g/mol. The Labute approximate surface area is 105 Å². The first-order chi connectivity index (χ1) is 7.77. The Bertz CT molecular complexity index is 479. The van der Waals surface area contributed by atoms with Crippen molar-refractivity contribution >= 4 is 22.9 Å². The van der Waals surface area contributed by atoms with Gasteiger partial charge < -0.3 is 5.11 Å². The molecule has 82 valence electrons. The lowest BCUT2D eigenvalue weighted by molar-refractivity contribution is 0.206. The van der Waals surface area contributed by atoms with Gasteiger partial charge in [-0.3, -0.25) is 0 Å². The summed E-state index contributed by atoms with van der Waals surface area (Å²) in [6, 6.07) is 3.70. The maximum absolute atomic E-state index is 9.48. The molecule has 1 heterocycles. The molecule has 0 amide bonds. The summed E-state index contributed by atoms with van der Waals surface area (Å²) >= 11 is 6.98. The van der Waals surface area contributed by atoms with Crippen LogP contribution in [0.5, 0.6) is 0 Å². The lowest BCUT2D eigenvalue weighted by atomic mass is 10.3. The van der Waals surface area contributed by atoms with E-state index in [2.05, 4.69) is 23.7 Å². The summed E-state index contributed by atoms with van der Waals surface area (Å²) in [7, 11) is 0. The molecule has 0 bridgehead atoms. The highest BCUT2D eigenvalue weighted by Gasteiger charge is 2.07. The Balaban J connectivity index is 2.69. The van der Waals surface area contributed by atoms with E-state index < -0.39 is 6.10 Å². The lowest BCUT2D eigenvalue weighted by Crippen LogP contribution is -1.93. The summed E-state index contributed by atoms with van der Waals surface area (Å²) in [6.07, 6.45) is 3.00. The van der Waals surface area contributed by atoms with E-state index in [4.69, 9.17) is 11.6 Å². The number of alkyl halides is 1. The van der Waals surface area contributed by atoms with Crippen LogP contribution < -0.4 is 0 Å².